The van der Waals surface area contributed by atoms with Gasteiger partial charge in [0.15, 0.2) is 0 Å². The molecule has 0 unspecified atom stereocenters. The SMILES string of the molecule is CSCCN(C)c1ncc(Br)cc1CNC(C)(C)C. The van der Waals surface area contributed by atoms with Crippen LogP contribution in [0.15, 0.2) is 16.7 Å². The lowest BCUT2D eigenvalue weighted by molar-refractivity contribution is 0.424. The van der Waals surface area contributed by atoms with Gasteiger partial charge in [-0.15, -0.1) is 0 Å². The van der Waals surface area contributed by atoms with Crippen molar-refractivity contribution in [3.8, 4) is 0 Å². The quantitative estimate of drug-likeness (QED) is 0.853. The maximum Gasteiger partial charge on any atom is 0.132 e. The van der Waals surface area contributed by atoms with Gasteiger partial charge < -0.3 is 10.2 Å². The highest BCUT2D eigenvalue weighted by atomic mass is 79.9. The summed E-state index contributed by atoms with van der Waals surface area (Å²) in [5.41, 5.74) is 1.34. The second-order valence-corrected chi connectivity index (χ2v) is 7.56. The van der Waals surface area contributed by atoms with E-state index in [9.17, 15) is 0 Å². The molecular formula is C14H24BrN3S. The molecule has 0 bridgehead atoms. The number of hydrogen-bond acceptors (Lipinski definition) is 4. The number of rotatable bonds is 6. The van der Waals surface area contributed by atoms with E-state index in [2.05, 4.69) is 71.3 Å². The number of hydrogen-bond donors (Lipinski definition) is 1. The van der Waals surface area contributed by atoms with Crippen molar-refractivity contribution >= 4 is 33.5 Å². The summed E-state index contributed by atoms with van der Waals surface area (Å²) in [7, 11) is 2.10. The van der Waals surface area contributed by atoms with Crippen molar-refractivity contribution < 1.29 is 0 Å². The molecule has 0 spiro atoms. The Morgan fingerprint density at radius 1 is 1.42 bits per heavy atom. The number of aromatic nitrogens is 1. The van der Waals surface area contributed by atoms with Crippen molar-refractivity contribution in [1.29, 1.82) is 0 Å². The van der Waals surface area contributed by atoms with Crippen LogP contribution < -0.4 is 10.2 Å². The van der Waals surface area contributed by atoms with Crippen molar-refractivity contribution in [2.45, 2.75) is 32.9 Å². The summed E-state index contributed by atoms with van der Waals surface area (Å²) >= 11 is 5.36. The summed E-state index contributed by atoms with van der Waals surface area (Å²) < 4.78 is 1.03. The zero-order chi connectivity index (χ0) is 14.5. The highest BCUT2D eigenvalue weighted by molar-refractivity contribution is 9.10. The molecule has 3 nitrogen and oxygen atoms in total. The van der Waals surface area contributed by atoms with E-state index in [-0.39, 0.29) is 5.54 Å². The molecule has 1 heterocycles. The van der Waals surface area contributed by atoms with Gasteiger partial charge in [0.05, 0.1) is 0 Å². The van der Waals surface area contributed by atoms with Gasteiger partial charge in [0.1, 0.15) is 5.82 Å². The minimum atomic E-state index is 0.109. The van der Waals surface area contributed by atoms with Crippen LogP contribution in [0.5, 0.6) is 0 Å². The third kappa shape index (κ3) is 6.15. The molecule has 5 heteroatoms. The second kappa shape index (κ2) is 7.50. The fourth-order valence-corrected chi connectivity index (χ4v) is 2.48. The van der Waals surface area contributed by atoms with Crippen LogP contribution in [-0.4, -0.2) is 36.1 Å². The molecule has 0 aliphatic heterocycles. The number of nitrogens with zero attached hydrogens (tertiary/aromatic N) is 2. The van der Waals surface area contributed by atoms with Crippen molar-refractivity contribution in [2.24, 2.45) is 0 Å². The van der Waals surface area contributed by atoms with E-state index in [0.717, 1.165) is 29.1 Å². The van der Waals surface area contributed by atoms with Gasteiger partial charge in [-0.3, -0.25) is 0 Å². The van der Waals surface area contributed by atoms with Crippen LogP contribution in [0, 0.1) is 0 Å². The number of anilines is 1. The van der Waals surface area contributed by atoms with E-state index in [4.69, 9.17) is 0 Å². The Labute approximate surface area is 129 Å². The van der Waals surface area contributed by atoms with Gasteiger partial charge in [-0.1, -0.05) is 0 Å². The molecule has 0 aliphatic carbocycles. The zero-order valence-corrected chi connectivity index (χ0v) is 14.9. The van der Waals surface area contributed by atoms with Gasteiger partial charge in [0, 0.05) is 47.7 Å². The Kier molecular flexibility index (Phi) is 6.63. The lowest BCUT2D eigenvalue weighted by Gasteiger charge is -2.24. The van der Waals surface area contributed by atoms with Crippen LogP contribution in [-0.2, 0) is 6.54 Å². The molecule has 19 heavy (non-hydrogen) atoms. The number of nitrogens with one attached hydrogen (secondary N) is 1. The first kappa shape index (κ1) is 16.8. The Balaban J connectivity index is 2.85. The minimum absolute atomic E-state index is 0.109. The fraction of sp³-hybridized carbons (Fsp3) is 0.643. The highest BCUT2D eigenvalue weighted by Gasteiger charge is 2.13. The summed E-state index contributed by atoms with van der Waals surface area (Å²) in [6.45, 7) is 8.37. The predicted molar refractivity (Wildman–Crippen MR) is 90.2 cm³/mol. The van der Waals surface area contributed by atoms with E-state index in [0.29, 0.717) is 0 Å². The normalized spacial score (nSPS) is 11.7. The van der Waals surface area contributed by atoms with Crippen molar-refractivity contribution in [2.75, 3.05) is 30.5 Å². The first-order valence-electron chi connectivity index (χ1n) is 6.43. The third-order valence-corrected chi connectivity index (χ3v) is 3.74. The molecule has 108 valence electrons. The van der Waals surface area contributed by atoms with Crippen LogP contribution in [0.3, 0.4) is 0 Å². The molecule has 0 atom stereocenters. The first-order valence-corrected chi connectivity index (χ1v) is 8.61. The van der Waals surface area contributed by atoms with Gasteiger partial charge in [-0.05, 0) is 49.0 Å². The predicted octanol–water partition coefficient (Wildman–Crippen LogP) is 3.53. The molecular weight excluding hydrogens is 322 g/mol. The van der Waals surface area contributed by atoms with E-state index in [1.807, 2.05) is 18.0 Å². The number of thioether (sulfide) groups is 1. The van der Waals surface area contributed by atoms with Crippen molar-refractivity contribution in [3.63, 3.8) is 0 Å². The van der Waals surface area contributed by atoms with Gasteiger partial charge in [0.2, 0.25) is 0 Å². The molecule has 1 N–H and O–H groups in total. The van der Waals surface area contributed by atoms with Crippen molar-refractivity contribution in [1.82, 2.24) is 10.3 Å². The Hall–Kier alpha value is -0.260. The fourth-order valence-electron chi connectivity index (χ4n) is 1.64. The lowest BCUT2D eigenvalue weighted by Crippen LogP contribution is -2.35. The number of halogens is 1. The smallest absolute Gasteiger partial charge is 0.132 e. The van der Waals surface area contributed by atoms with Gasteiger partial charge in [0.25, 0.3) is 0 Å². The Morgan fingerprint density at radius 2 is 2.11 bits per heavy atom. The van der Waals surface area contributed by atoms with Crippen LogP contribution in [0.1, 0.15) is 26.3 Å². The summed E-state index contributed by atoms with van der Waals surface area (Å²) in [6, 6.07) is 2.15. The molecule has 1 rings (SSSR count). The monoisotopic (exact) mass is 345 g/mol. The maximum atomic E-state index is 4.56. The van der Waals surface area contributed by atoms with Crippen LogP contribution >= 0.6 is 27.7 Å². The van der Waals surface area contributed by atoms with Gasteiger partial charge in [-0.25, -0.2) is 4.98 Å². The van der Waals surface area contributed by atoms with Crippen molar-refractivity contribution in [3.05, 3.63) is 22.3 Å². The molecule has 0 aromatic carbocycles. The van der Waals surface area contributed by atoms with E-state index >= 15 is 0 Å². The lowest BCUT2D eigenvalue weighted by atomic mass is 10.1. The summed E-state index contributed by atoms with van der Waals surface area (Å²) in [5, 5.41) is 3.52. The molecule has 0 saturated carbocycles. The summed E-state index contributed by atoms with van der Waals surface area (Å²) in [5.74, 6) is 2.18. The van der Waals surface area contributed by atoms with Crippen LogP contribution in [0.25, 0.3) is 0 Å². The largest absolute Gasteiger partial charge is 0.359 e. The van der Waals surface area contributed by atoms with E-state index in [1.165, 1.54) is 5.56 Å². The van der Waals surface area contributed by atoms with Crippen LogP contribution in [0.4, 0.5) is 5.82 Å². The molecule has 0 saturated heterocycles. The average Bonchev–Trinajstić information content (AvgIpc) is 2.32. The molecule has 0 radical (unpaired) electrons. The van der Waals surface area contributed by atoms with E-state index in [1.54, 1.807) is 0 Å². The standard InChI is InChI=1S/C14H24BrN3S/c1-14(2,3)17-9-11-8-12(15)10-16-13(11)18(4)6-7-19-5/h8,10,17H,6-7,9H2,1-5H3. The summed E-state index contributed by atoms with van der Waals surface area (Å²) in [4.78, 5) is 6.79. The topological polar surface area (TPSA) is 28.2 Å². The highest BCUT2D eigenvalue weighted by Crippen LogP contribution is 2.21. The maximum absolute atomic E-state index is 4.56. The van der Waals surface area contributed by atoms with E-state index < -0.39 is 0 Å². The Morgan fingerprint density at radius 3 is 2.68 bits per heavy atom. The Bertz CT molecular complexity index is 404. The van der Waals surface area contributed by atoms with Gasteiger partial charge >= 0.3 is 0 Å². The first-order chi connectivity index (χ1) is 8.83. The number of pyridine rings is 1. The van der Waals surface area contributed by atoms with Crippen LogP contribution in [0.2, 0.25) is 0 Å². The van der Waals surface area contributed by atoms with Gasteiger partial charge in [-0.2, -0.15) is 11.8 Å². The molecule has 0 amide bonds. The average molecular weight is 346 g/mol. The third-order valence-electron chi connectivity index (χ3n) is 2.71. The second-order valence-electron chi connectivity index (χ2n) is 5.65. The summed E-state index contributed by atoms with van der Waals surface area (Å²) in [6.07, 6.45) is 4.00. The molecule has 0 fully saturated rings. The zero-order valence-electron chi connectivity index (χ0n) is 12.5. The minimum Gasteiger partial charge on any atom is -0.359 e. The molecule has 1 aromatic heterocycles. The molecule has 1 aromatic rings. The molecule has 0 aliphatic rings.